The first-order valence-electron chi connectivity index (χ1n) is 4.16. The smallest absolute Gasteiger partial charge is 0.205 e. The van der Waals surface area contributed by atoms with Gasteiger partial charge in [-0.3, -0.25) is 4.79 Å². The predicted molar refractivity (Wildman–Crippen MR) is 56.4 cm³/mol. The van der Waals surface area contributed by atoms with Gasteiger partial charge in [0.05, 0.1) is 6.04 Å². The third-order valence-electron chi connectivity index (χ3n) is 1.60. The van der Waals surface area contributed by atoms with Crippen LogP contribution in [0.15, 0.2) is 30.3 Å². The van der Waals surface area contributed by atoms with E-state index < -0.39 is 0 Å². The lowest BCUT2D eigenvalue weighted by molar-refractivity contribution is -0.111. The SMILES string of the molecule is C[C@H](N)C(=O)SCc1ccccc1. The first-order chi connectivity index (χ1) is 6.20. The van der Waals surface area contributed by atoms with Crippen LogP contribution in [-0.2, 0) is 10.5 Å². The summed E-state index contributed by atoms with van der Waals surface area (Å²) in [5.74, 6) is 0.710. The van der Waals surface area contributed by atoms with Gasteiger partial charge in [0.2, 0.25) is 5.12 Å². The van der Waals surface area contributed by atoms with Gasteiger partial charge in [-0.1, -0.05) is 42.1 Å². The Bertz CT molecular complexity index is 272. The summed E-state index contributed by atoms with van der Waals surface area (Å²) in [5, 5.41) is 0.0452. The molecule has 1 rings (SSSR count). The number of hydrogen-bond acceptors (Lipinski definition) is 3. The van der Waals surface area contributed by atoms with Crippen molar-refractivity contribution in [2.75, 3.05) is 0 Å². The van der Waals surface area contributed by atoms with Gasteiger partial charge in [0.15, 0.2) is 0 Å². The van der Waals surface area contributed by atoms with Crippen molar-refractivity contribution in [2.24, 2.45) is 5.73 Å². The lowest BCUT2D eigenvalue weighted by Gasteiger charge is -2.03. The molecule has 0 saturated carbocycles. The molecule has 2 nitrogen and oxygen atoms in total. The van der Waals surface area contributed by atoms with E-state index in [0.29, 0.717) is 5.75 Å². The van der Waals surface area contributed by atoms with Crippen molar-refractivity contribution in [1.29, 1.82) is 0 Å². The summed E-state index contributed by atoms with van der Waals surface area (Å²) in [5.41, 5.74) is 6.58. The molecule has 0 aliphatic rings. The normalized spacial score (nSPS) is 12.5. The summed E-state index contributed by atoms with van der Waals surface area (Å²) in [6, 6.07) is 9.52. The van der Waals surface area contributed by atoms with Crippen LogP contribution in [0.2, 0.25) is 0 Å². The number of nitrogens with two attached hydrogens (primary N) is 1. The van der Waals surface area contributed by atoms with Gasteiger partial charge in [-0.05, 0) is 12.5 Å². The van der Waals surface area contributed by atoms with Crippen LogP contribution in [0.1, 0.15) is 12.5 Å². The van der Waals surface area contributed by atoms with Gasteiger partial charge in [-0.15, -0.1) is 0 Å². The molecule has 0 amide bonds. The molecule has 0 aliphatic heterocycles. The third-order valence-corrected chi connectivity index (χ3v) is 2.73. The summed E-state index contributed by atoms with van der Waals surface area (Å²) in [6.07, 6.45) is 0. The summed E-state index contributed by atoms with van der Waals surface area (Å²) >= 11 is 1.27. The third kappa shape index (κ3) is 3.61. The average molecular weight is 195 g/mol. The van der Waals surface area contributed by atoms with Crippen LogP contribution in [0.25, 0.3) is 0 Å². The van der Waals surface area contributed by atoms with E-state index in [9.17, 15) is 4.79 Å². The molecule has 2 N–H and O–H groups in total. The molecule has 0 bridgehead atoms. The first kappa shape index (κ1) is 10.3. The molecule has 0 saturated heterocycles. The van der Waals surface area contributed by atoms with Gasteiger partial charge in [0.1, 0.15) is 0 Å². The number of rotatable bonds is 3. The number of hydrogen-bond donors (Lipinski definition) is 1. The van der Waals surface area contributed by atoms with Crippen LogP contribution < -0.4 is 5.73 Å². The maximum Gasteiger partial charge on any atom is 0.205 e. The second kappa shape index (κ2) is 5.04. The van der Waals surface area contributed by atoms with Gasteiger partial charge in [0.25, 0.3) is 0 Å². The van der Waals surface area contributed by atoms with E-state index in [1.54, 1.807) is 6.92 Å². The second-order valence-corrected chi connectivity index (χ2v) is 3.86. The molecular formula is C10H13NOS. The molecule has 0 spiro atoms. The monoisotopic (exact) mass is 195 g/mol. The van der Waals surface area contributed by atoms with Crippen LogP contribution in [0, 0.1) is 0 Å². The maximum absolute atomic E-state index is 11.2. The standard InChI is InChI=1S/C10H13NOS/c1-8(11)10(12)13-7-9-5-3-2-4-6-9/h2-6,8H,7,11H2,1H3/t8-/m0/s1. The van der Waals surface area contributed by atoms with Crippen molar-refractivity contribution in [2.45, 2.75) is 18.7 Å². The Kier molecular flexibility index (Phi) is 3.99. The molecule has 0 aromatic heterocycles. The molecule has 0 radical (unpaired) electrons. The Morgan fingerprint density at radius 3 is 2.62 bits per heavy atom. The lowest BCUT2D eigenvalue weighted by atomic mass is 10.2. The molecule has 1 atom stereocenters. The minimum atomic E-state index is -0.367. The summed E-state index contributed by atoms with van der Waals surface area (Å²) in [4.78, 5) is 11.2. The van der Waals surface area contributed by atoms with E-state index in [2.05, 4.69) is 0 Å². The Morgan fingerprint density at radius 2 is 2.08 bits per heavy atom. The molecule has 1 aromatic rings. The number of thioether (sulfide) groups is 1. The Hall–Kier alpha value is -0.800. The maximum atomic E-state index is 11.2. The van der Waals surface area contributed by atoms with E-state index in [4.69, 9.17) is 5.73 Å². The fraction of sp³-hybridized carbons (Fsp3) is 0.300. The quantitative estimate of drug-likeness (QED) is 0.799. The van der Waals surface area contributed by atoms with Crippen molar-refractivity contribution < 1.29 is 4.79 Å². The van der Waals surface area contributed by atoms with E-state index in [1.165, 1.54) is 11.8 Å². The topological polar surface area (TPSA) is 43.1 Å². The molecule has 1 aromatic carbocycles. The van der Waals surface area contributed by atoms with Gasteiger partial charge in [-0.2, -0.15) is 0 Å². The largest absolute Gasteiger partial charge is 0.321 e. The zero-order chi connectivity index (χ0) is 9.68. The van der Waals surface area contributed by atoms with E-state index in [-0.39, 0.29) is 11.2 Å². The Labute approximate surface area is 82.5 Å². The Balaban J connectivity index is 2.40. The summed E-state index contributed by atoms with van der Waals surface area (Å²) in [7, 11) is 0. The van der Waals surface area contributed by atoms with E-state index in [1.807, 2.05) is 30.3 Å². The van der Waals surface area contributed by atoms with Gasteiger partial charge in [0, 0.05) is 5.75 Å². The highest BCUT2D eigenvalue weighted by atomic mass is 32.2. The first-order valence-corrected chi connectivity index (χ1v) is 5.15. The number of carbonyl (C=O) groups excluding carboxylic acids is 1. The van der Waals surface area contributed by atoms with Gasteiger partial charge in [-0.25, -0.2) is 0 Å². The van der Waals surface area contributed by atoms with Crippen LogP contribution in [0.3, 0.4) is 0 Å². The molecular weight excluding hydrogens is 182 g/mol. The van der Waals surface area contributed by atoms with Gasteiger partial charge < -0.3 is 5.73 Å². The zero-order valence-corrected chi connectivity index (χ0v) is 8.38. The highest BCUT2D eigenvalue weighted by Crippen LogP contribution is 2.13. The minimum Gasteiger partial charge on any atom is -0.321 e. The summed E-state index contributed by atoms with van der Waals surface area (Å²) < 4.78 is 0. The average Bonchev–Trinajstić information content (AvgIpc) is 2.15. The van der Waals surface area contributed by atoms with Gasteiger partial charge >= 0.3 is 0 Å². The summed E-state index contributed by atoms with van der Waals surface area (Å²) in [6.45, 7) is 1.71. The highest BCUT2D eigenvalue weighted by Gasteiger charge is 2.07. The van der Waals surface area contributed by atoms with Crippen molar-refractivity contribution in [1.82, 2.24) is 0 Å². The minimum absolute atomic E-state index is 0.0452. The molecule has 0 heterocycles. The van der Waals surface area contributed by atoms with E-state index >= 15 is 0 Å². The van der Waals surface area contributed by atoms with Crippen LogP contribution >= 0.6 is 11.8 Å². The highest BCUT2D eigenvalue weighted by molar-refractivity contribution is 8.13. The fourth-order valence-electron chi connectivity index (χ4n) is 0.860. The number of benzene rings is 1. The van der Waals surface area contributed by atoms with Crippen LogP contribution in [0.4, 0.5) is 0 Å². The molecule has 3 heteroatoms. The molecule has 0 fully saturated rings. The Morgan fingerprint density at radius 1 is 1.46 bits per heavy atom. The van der Waals surface area contributed by atoms with Crippen molar-refractivity contribution in [3.8, 4) is 0 Å². The van der Waals surface area contributed by atoms with Crippen molar-refractivity contribution in [3.05, 3.63) is 35.9 Å². The van der Waals surface area contributed by atoms with Crippen LogP contribution in [0.5, 0.6) is 0 Å². The van der Waals surface area contributed by atoms with Crippen molar-refractivity contribution in [3.63, 3.8) is 0 Å². The van der Waals surface area contributed by atoms with E-state index in [0.717, 1.165) is 5.56 Å². The lowest BCUT2D eigenvalue weighted by Crippen LogP contribution is -2.23. The van der Waals surface area contributed by atoms with Crippen molar-refractivity contribution >= 4 is 16.9 Å². The van der Waals surface area contributed by atoms with Crippen LogP contribution in [-0.4, -0.2) is 11.2 Å². The molecule has 0 aliphatic carbocycles. The predicted octanol–water partition coefficient (Wildman–Crippen LogP) is 1.79. The zero-order valence-electron chi connectivity index (χ0n) is 7.57. The second-order valence-electron chi connectivity index (χ2n) is 2.88. The fourth-order valence-corrected chi connectivity index (χ4v) is 1.62. The molecule has 0 unspecified atom stereocenters. The number of carbonyl (C=O) groups is 1. The molecule has 13 heavy (non-hydrogen) atoms. The molecule has 70 valence electrons.